The SMILES string of the molecule is O=C(CNCC1CC1)N1CCC[C@@H]1CO. The molecule has 1 aliphatic heterocycles. The normalized spacial score (nSPS) is 25.9. The van der Waals surface area contributed by atoms with Crippen molar-refractivity contribution >= 4 is 5.91 Å². The molecule has 1 heterocycles. The third kappa shape index (κ3) is 2.92. The summed E-state index contributed by atoms with van der Waals surface area (Å²) in [6.07, 6.45) is 4.60. The third-order valence-corrected chi connectivity index (χ3v) is 3.31. The number of likely N-dealkylation sites (tertiary alicyclic amines) is 1. The molecule has 4 heteroatoms. The molecular formula is C11H20N2O2. The van der Waals surface area contributed by atoms with Gasteiger partial charge in [0.2, 0.25) is 5.91 Å². The Morgan fingerprint density at radius 3 is 2.87 bits per heavy atom. The molecule has 1 saturated carbocycles. The number of carbonyl (C=O) groups is 1. The van der Waals surface area contributed by atoms with Gasteiger partial charge in [-0.2, -0.15) is 0 Å². The Balaban J connectivity index is 1.68. The lowest BCUT2D eigenvalue weighted by molar-refractivity contribution is -0.131. The Kier molecular flexibility index (Phi) is 3.59. The van der Waals surface area contributed by atoms with Crippen LogP contribution in [-0.4, -0.2) is 48.2 Å². The molecule has 4 nitrogen and oxygen atoms in total. The van der Waals surface area contributed by atoms with Crippen molar-refractivity contribution in [3.8, 4) is 0 Å². The number of aliphatic hydroxyl groups is 1. The van der Waals surface area contributed by atoms with Crippen molar-refractivity contribution in [1.82, 2.24) is 10.2 Å². The summed E-state index contributed by atoms with van der Waals surface area (Å²) in [5.74, 6) is 0.956. The Bertz CT molecular complexity index is 229. The zero-order chi connectivity index (χ0) is 10.7. The van der Waals surface area contributed by atoms with Gasteiger partial charge in [-0.1, -0.05) is 0 Å². The van der Waals surface area contributed by atoms with Crippen molar-refractivity contribution in [2.45, 2.75) is 31.7 Å². The summed E-state index contributed by atoms with van der Waals surface area (Å²) in [6.45, 7) is 2.33. The van der Waals surface area contributed by atoms with E-state index >= 15 is 0 Å². The number of aliphatic hydroxyl groups excluding tert-OH is 1. The number of amides is 1. The first-order chi connectivity index (χ1) is 7.31. The van der Waals surface area contributed by atoms with E-state index < -0.39 is 0 Å². The second kappa shape index (κ2) is 4.94. The number of hydrogen-bond donors (Lipinski definition) is 2. The summed E-state index contributed by atoms with van der Waals surface area (Å²) in [5.41, 5.74) is 0. The van der Waals surface area contributed by atoms with Gasteiger partial charge >= 0.3 is 0 Å². The molecule has 2 fully saturated rings. The maximum atomic E-state index is 11.8. The van der Waals surface area contributed by atoms with Gasteiger partial charge in [0.15, 0.2) is 0 Å². The molecule has 2 N–H and O–H groups in total. The fourth-order valence-corrected chi connectivity index (χ4v) is 2.16. The van der Waals surface area contributed by atoms with Gasteiger partial charge in [-0.25, -0.2) is 0 Å². The van der Waals surface area contributed by atoms with Crippen molar-refractivity contribution in [1.29, 1.82) is 0 Å². The molecular weight excluding hydrogens is 192 g/mol. The van der Waals surface area contributed by atoms with E-state index in [0.717, 1.165) is 31.8 Å². The fourth-order valence-electron chi connectivity index (χ4n) is 2.16. The minimum absolute atomic E-state index is 0.0697. The van der Waals surface area contributed by atoms with Crippen molar-refractivity contribution in [3.05, 3.63) is 0 Å². The van der Waals surface area contributed by atoms with Crippen LogP contribution in [0.5, 0.6) is 0 Å². The first-order valence-electron chi connectivity index (χ1n) is 5.92. The first-order valence-corrected chi connectivity index (χ1v) is 5.92. The van der Waals surface area contributed by atoms with E-state index in [-0.39, 0.29) is 18.6 Å². The molecule has 1 amide bonds. The summed E-state index contributed by atoms with van der Waals surface area (Å²) in [4.78, 5) is 13.6. The van der Waals surface area contributed by atoms with Gasteiger partial charge in [-0.3, -0.25) is 4.79 Å². The third-order valence-electron chi connectivity index (χ3n) is 3.31. The van der Waals surface area contributed by atoms with Crippen molar-refractivity contribution in [2.75, 3.05) is 26.2 Å². The Hall–Kier alpha value is -0.610. The molecule has 1 atom stereocenters. The molecule has 1 saturated heterocycles. The van der Waals surface area contributed by atoms with Gasteiger partial charge in [0.1, 0.15) is 0 Å². The quantitative estimate of drug-likeness (QED) is 0.673. The molecule has 0 aromatic carbocycles. The van der Waals surface area contributed by atoms with Crippen LogP contribution in [0.3, 0.4) is 0 Å². The van der Waals surface area contributed by atoms with Gasteiger partial charge in [0.25, 0.3) is 0 Å². The zero-order valence-electron chi connectivity index (χ0n) is 9.11. The van der Waals surface area contributed by atoms with Crippen LogP contribution < -0.4 is 5.32 Å². The topological polar surface area (TPSA) is 52.6 Å². The molecule has 0 bridgehead atoms. The highest BCUT2D eigenvalue weighted by atomic mass is 16.3. The number of rotatable bonds is 5. The van der Waals surface area contributed by atoms with Crippen LogP contribution in [0.15, 0.2) is 0 Å². The maximum absolute atomic E-state index is 11.8. The Labute approximate surface area is 90.6 Å². The number of nitrogens with one attached hydrogen (secondary N) is 1. The lowest BCUT2D eigenvalue weighted by Gasteiger charge is -2.23. The highest BCUT2D eigenvalue weighted by Crippen LogP contribution is 2.27. The predicted molar refractivity (Wildman–Crippen MR) is 57.4 cm³/mol. The van der Waals surface area contributed by atoms with Crippen LogP contribution in [-0.2, 0) is 4.79 Å². The molecule has 2 rings (SSSR count). The minimum Gasteiger partial charge on any atom is -0.394 e. The van der Waals surface area contributed by atoms with Crippen LogP contribution in [0.25, 0.3) is 0 Å². The van der Waals surface area contributed by atoms with Gasteiger partial charge in [0, 0.05) is 6.54 Å². The van der Waals surface area contributed by atoms with E-state index in [1.165, 1.54) is 12.8 Å². The lowest BCUT2D eigenvalue weighted by Crippen LogP contribution is -2.42. The van der Waals surface area contributed by atoms with E-state index in [9.17, 15) is 4.79 Å². The summed E-state index contributed by atoms with van der Waals surface area (Å²) in [7, 11) is 0. The summed E-state index contributed by atoms with van der Waals surface area (Å²) < 4.78 is 0. The van der Waals surface area contributed by atoms with Gasteiger partial charge < -0.3 is 15.3 Å². The number of nitrogens with zero attached hydrogens (tertiary/aromatic N) is 1. The number of carbonyl (C=O) groups excluding carboxylic acids is 1. The van der Waals surface area contributed by atoms with E-state index in [1.54, 1.807) is 0 Å². The van der Waals surface area contributed by atoms with E-state index in [1.807, 2.05) is 4.90 Å². The van der Waals surface area contributed by atoms with Crippen LogP contribution in [0.1, 0.15) is 25.7 Å². The molecule has 86 valence electrons. The van der Waals surface area contributed by atoms with Crippen molar-refractivity contribution < 1.29 is 9.90 Å². The predicted octanol–water partition coefficient (Wildman–Crippen LogP) is -0.0307. The molecule has 0 spiro atoms. The van der Waals surface area contributed by atoms with Crippen molar-refractivity contribution in [2.24, 2.45) is 5.92 Å². The molecule has 15 heavy (non-hydrogen) atoms. The smallest absolute Gasteiger partial charge is 0.236 e. The van der Waals surface area contributed by atoms with E-state index in [0.29, 0.717) is 6.54 Å². The second-order valence-corrected chi connectivity index (χ2v) is 4.64. The summed E-state index contributed by atoms with van der Waals surface area (Å²) in [6, 6.07) is 0.0697. The van der Waals surface area contributed by atoms with E-state index in [4.69, 9.17) is 5.11 Å². The van der Waals surface area contributed by atoms with Gasteiger partial charge in [-0.15, -0.1) is 0 Å². The average Bonchev–Trinajstić information content (AvgIpc) is 2.94. The summed E-state index contributed by atoms with van der Waals surface area (Å²) >= 11 is 0. The lowest BCUT2D eigenvalue weighted by atomic mass is 10.2. The summed E-state index contributed by atoms with van der Waals surface area (Å²) in [5, 5.41) is 12.3. The Morgan fingerprint density at radius 1 is 1.40 bits per heavy atom. The monoisotopic (exact) mass is 212 g/mol. The first kappa shape index (κ1) is 10.9. The number of hydrogen-bond acceptors (Lipinski definition) is 3. The molecule has 0 unspecified atom stereocenters. The maximum Gasteiger partial charge on any atom is 0.236 e. The average molecular weight is 212 g/mol. The highest BCUT2D eigenvalue weighted by molar-refractivity contribution is 5.78. The largest absolute Gasteiger partial charge is 0.394 e. The second-order valence-electron chi connectivity index (χ2n) is 4.64. The van der Waals surface area contributed by atoms with Gasteiger partial charge in [-0.05, 0) is 38.1 Å². The minimum atomic E-state index is 0.0697. The fraction of sp³-hybridized carbons (Fsp3) is 0.909. The molecule has 2 aliphatic rings. The van der Waals surface area contributed by atoms with Crippen LogP contribution in [0.2, 0.25) is 0 Å². The van der Waals surface area contributed by atoms with Crippen LogP contribution in [0.4, 0.5) is 0 Å². The zero-order valence-corrected chi connectivity index (χ0v) is 9.11. The molecule has 0 radical (unpaired) electrons. The molecule has 1 aliphatic carbocycles. The Morgan fingerprint density at radius 2 is 2.20 bits per heavy atom. The highest BCUT2D eigenvalue weighted by Gasteiger charge is 2.28. The van der Waals surface area contributed by atoms with E-state index in [2.05, 4.69) is 5.32 Å². The van der Waals surface area contributed by atoms with Gasteiger partial charge in [0.05, 0.1) is 19.2 Å². The molecule has 0 aromatic heterocycles. The molecule has 0 aromatic rings. The van der Waals surface area contributed by atoms with Crippen LogP contribution in [0, 0.1) is 5.92 Å². The van der Waals surface area contributed by atoms with Crippen molar-refractivity contribution in [3.63, 3.8) is 0 Å². The standard InChI is InChI=1S/C11H20N2O2/c14-8-10-2-1-5-13(10)11(15)7-12-6-9-3-4-9/h9-10,12,14H,1-8H2/t10-/m1/s1. The van der Waals surface area contributed by atoms with Crippen LogP contribution >= 0.6 is 0 Å².